The number of nitrogens with zero attached hydrogens (tertiary/aromatic N) is 1. The van der Waals surface area contributed by atoms with Gasteiger partial charge >= 0.3 is 0 Å². The maximum Gasteiger partial charge on any atom is 0.127 e. The molecular weight excluding hydrogens is 218 g/mol. The van der Waals surface area contributed by atoms with Gasteiger partial charge in [-0.05, 0) is 42.4 Å². The molecule has 1 aliphatic heterocycles. The zero-order valence-electron chi connectivity index (χ0n) is 9.56. The summed E-state index contributed by atoms with van der Waals surface area (Å²) < 4.78 is 4.74. The van der Waals surface area contributed by atoms with E-state index in [9.17, 15) is 0 Å². The normalized spacial score (nSPS) is 22.2. The summed E-state index contributed by atoms with van der Waals surface area (Å²) >= 11 is 1.76. The van der Waals surface area contributed by atoms with Crippen molar-refractivity contribution in [3.05, 3.63) is 40.5 Å². The second-order valence-electron chi connectivity index (χ2n) is 4.19. The number of thioether (sulfide) groups is 1. The van der Waals surface area contributed by atoms with E-state index >= 15 is 0 Å². The Bertz CT molecular complexity index is 363. The van der Waals surface area contributed by atoms with Gasteiger partial charge in [0.1, 0.15) is 6.26 Å². The lowest BCUT2D eigenvalue weighted by atomic mass is 10.1. The molecule has 3 rings (SSSR count). The van der Waals surface area contributed by atoms with Crippen LogP contribution in [0.15, 0.2) is 33.8 Å². The highest BCUT2D eigenvalue weighted by atomic mass is 32.2. The molecule has 2 heterocycles. The Kier molecular flexibility index (Phi) is 4.28. The van der Waals surface area contributed by atoms with Gasteiger partial charge in [0.25, 0.3) is 0 Å². The highest BCUT2D eigenvalue weighted by molar-refractivity contribution is 8.04. The van der Waals surface area contributed by atoms with Crippen molar-refractivity contribution in [2.45, 2.75) is 32.6 Å². The molecule has 86 valence electrons. The van der Waals surface area contributed by atoms with E-state index in [4.69, 9.17) is 4.52 Å². The van der Waals surface area contributed by atoms with Crippen LogP contribution in [0.5, 0.6) is 0 Å². The summed E-state index contributed by atoms with van der Waals surface area (Å²) in [5, 5.41) is 8.11. The van der Waals surface area contributed by atoms with Crippen molar-refractivity contribution in [3.63, 3.8) is 0 Å². The molecule has 3 heteroatoms. The number of aromatic nitrogens is 1. The Labute approximate surface area is 101 Å². The fraction of sp³-hybridized carbons (Fsp3) is 0.462. The van der Waals surface area contributed by atoms with Crippen molar-refractivity contribution >= 4 is 11.8 Å². The fourth-order valence-electron chi connectivity index (χ4n) is 1.77. The van der Waals surface area contributed by atoms with Crippen LogP contribution in [0.25, 0.3) is 0 Å². The van der Waals surface area contributed by atoms with E-state index in [1.807, 2.05) is 0 Å². The van der Waals surface area contributed by atoms with Crippen molar-refractivity contribution in [1.29, 1.82) is 0 Å². The average molecular weight is 235 g/mol. The van der Waals surface area contributed by atoms with Crippen LogP contribution in [0.2, 0.25) is 0 Å². The number of hydrogen-bond donors (Lipinski definition) is 0. The molecule has 16 heavy (non-hydrogen) atoms. The van der Waals surface area contributed by atoms with E-state index in [1.54, 1.807) is 18.0 Å². The first-order chi connectivity index (χ1) is 7.86. The first-order valence-corrected chi connectivity index (χ1v) is 6.70. The van der Waals surface area contributed by atoms with Gasteiger partial charge in [-0.3, -0.25) is 0 Å². The maximum atomic E-state index is 4.74. The first kappa shape index (κ1) is 11.5. The molecule has 0 spiro atoms. The summed E-state index contributed by atoms with van der Waals surface area (Å²) in [5.74, 6) is 0.737. The van der Waals surface area contributed by atoms with E-state index in [0.717, 1.165) is 12.3 Å². The number of allylic oxidation sites excluding steroid dienone is 2. The van der Waals surface area contributed by atoms with Crippen molar-refractivity contribution in [3.8, 4) is 0 Å². The van der Waals surface area contributed by atoms with Crippen LogP contribution in [0.4, 0.5) is 0 Å². The maximum absolute atomic E-state index is 4.74. The summed E-state index contributed by atoms with van der Waals surface area (Å²) in [6, 6.07) is 0. The first-order valence-electron chi connectivity index (χ1n) is 5.75. The third-order valence-corrected chi connectivity index (χ3v) is 3.42. The predicted octanol–water partition coefficient (Wildman–Crippen LogP) is 3.95. The topological polar surface area (TPSA) is 26.0 Å². The van der Waals surface area contributed by atoms with Gasteiger partial charge in [0.05, 0.1) is 5.69 Å². The molecule has 1 aromatic heterocycles. The molecular formula is C13H17NOS. The fourth-order valence-corrected chi connectivity index (χ4v) is 2.44. The number of fused-ring (bicyclic) bond motifs is 1. The summed E-state index contributed by atoms with van der Waals surface area (Å²) in [4.78, 5) is 0. The van der Waals surface area contributed by atoms with Crippen LogP contribution in [-0.2, 0) is 12.8 Å². The molecule has 0 radical (unpaired) electrons. The SMILES string of the molecule is CC1C=CSC=CC1.c1onc2c1CCC2. The Morgan fingerprint density at radius 3 is 3.19 bits per heavy atom. The Morgan fingerprint density at radius 2 is 2.31 bits per heavy atom. The van der Waals surface area contributed by atoms with Gasteiger partial charge < -0.3 is 4.52 Å². The molecule has 1 atom stereocenters. The Balaban J connectivity index is 0.000000120. The lowest BCUT2D eigenvalue weighted by Gasteiger charge is -1.95. The zero-order chi connectivity index (χ0) is 11.2. The molecule has 0 amide bonds. The van der Waals surface area contributed by atoms with Gasteiger partial charge in [0, 0.05) is 5.56 Å². The van der Waals surface area contributed by atoms with Crippen molar-refractivity contribution in [2.75, 3.05) is 0 Å². The molecule has 1 aliphatic carbocycles. The second-order valence-corrected chi connectivity index (χ2v) is 5.01. The molecule has 2 nitrogen and oxygen atoms in total. The lowest BCUT2D eigenvalue weighted by molar-refractivity contribution is 0.408. The van der Waals surface area contributed by atoms with Crippen LogP contribution in [0.1, 0.15) is 31.0 Å². The quantitative estimate of drug-likeness (QED) is 0.681. The van der Waals surface area contributed by atoms with Gasteiger partial charge in [0.15, 0.2) is 0 Å². The number of aryl methyl sites for hydroxylation is 2. The molecule has 0 saturated heterocycles. The highest BCUT2D eigenvalue weighted by Gasteiger charge is 2.13. The van der Waals surface area contributed by atoms with Gasteiger partial charge in [-0.15, -0.1) is 11.8 Å². The van der Waals surface area contributed by atoms with Crippen LogP contribution >= 0.6 is 11.8 Å². The van der Waals surface area contributed by atoms with Crippen LogP contribution in [0.3, 0.4) is 0 Å². The molecule has 0 bridgehead atoms. The van der Waals surface area contributed by atoms with E-state index in [1.165, 1.54) is 30.5 Å². The van der Waals surface area contributed by atoms with Gasteiger partial charge in [-0.1, -0.05) is 24.2 Å². The highest BCUT2D eigenvalue weighted by Crippen LogP contribution is 2.18. The Morgan fingerprint density at radius 1 is 1.38 bits per heavy atom. The summed E-state index contributed by atoms with van der Waals surface area (Å²) in [6.07, 6.45) is 10.9. The molecule has 1 aromatic rings. The van der Waals surface area contributed by atoms with Crippen LogP contribution in [0, 0.1) is 5.92 Å². The van der Waals surface area contributed by atoms with Gasteiger partial charge in [0.2, 0.25) is 0 Å². The van der Waals surface area contributed by atoms with Crippen molar-refractivity contribution in [1.82, 2.24) is 5.16 Å². The number of hydrogen-bond acceptors (Lipinski definition) is 3. The smallest absolute Gasteiger partial charge is 0.127 e. The van der Waals surface area contributed by atoms with E-state index in [0.29, 0.717) is 0 Å². The van der Waals surface area contributed by atoms with E-state index in [-0.39, 0.29) is 0 Å². The third-order valence-electron chi connectivity index (χ3n) is 2.76. The molecule has 0 aromatic carbocycles. The van der Waals surface area contributed by atoms with Crippen LogP contribution in [-0.4, -0.2) is 5.16 Å². The van der Waals surface area contributed by atoms with Gasteiger partial charge in [-0.2, -0.15) is 0 Å². The van der Waals surface area contributed by atoms with Crippen molar-refractivity contribution in [2.24, 2.45) is 5.92 Å². The molecule has 0 saturated carbocycles. The predicted molar refractivity (Wildman–Crippen MR) is 68.2 cm³/mol. The lowest BCUT2D eigenvalue weighted by Crippen LogP contribution is -1.82. The number of rotatable bonds is 0. The summed E-state index contributed by atoms with van der Waals surface area (Å²) in [6.45, 7) is 2.23. The largest absolute Gasteiger partial charge is 0.364 e. The second kappa shape index (κ2) is 5.94. The van der Waals surface area contributed by atoms with Gasteiger partial charge in [-0.25, -0.2) is 0 Å². The molecule has 1 unspecified atom stereocenters. The van der Waals surface area contributed by atoms with E-state index in [2.05, 4.69) is 35.0 Å². The standard InChI is InChI=1S/C7H10S.C6H7NO/c1-7-3-2-5-8-6-4-7;1-2-5-4-8-7-6(5)3-1/h2,4-7H,3H2,1H3;4H,1-3H2. The molecule has 0 fully saturated rings. The summed E-state index contributed by atoms with van der Waals surface area (Å²) in [7, 11) is 0. The molecule has 0 N–H and O–H groups in total. The minimum atomic E-state index is 0.737. The Hall–Kier alpha value is -0.960. The minimum absolute atomic E-state index is 0.737. The zero-order valence-corrected chi connectivity index (χ0v) is 10.4. The van der Waals surface area contributed by atoms with Crippen LogP contribution < -0.4 is 0 Å². The minimum Gasteiger partial charge on any atom is -0.364 e. The third kappa shape index (κ3) is 3.27. The summed E-state index contributed by atoms with van der Waals surface area (Å²) in [5.41, 5.74) is 2.48. The van der Waals surface area contributed by atoms with E-state index < -0.39 is 0 Å². The molecule has 2 aliphatic rings. The average Bonchev–Trinajstić information content (AvgIpc) is 2.80. The monoisotopic (exact) mass is 235 g/mol. The van der Waals surface area contributed by atoms with Crippen molar-refractivity contribution < 1.29 is 4.52 Å².